The van der Waals surface area contributed by atoms with Gasteiger partial charge in [-0.2, -0.15) is 0 Å². The van der Waals surface area contributed by atoms with E-state index in [0.29, 0.717) is 20.1 Å². The van der Waals surface area contributed by atoms with Crippen LogP contribution in [-0.4, -0.2) is 64.7 Å². The van der Waals surface area contributed by atoms with E-state index in [0.717, 1.165) is 19.6 Å². The lowest BCUT2D eigenvalue weighted by molar-refractivity contribution is -0.130. The number of rotatable bonds is 5. The zero-order valence-electron chi connectivity index (χ0n) is 23.0. The largest absolute Gasteiger partial charge is 0.340 e. The van der Waals surface area contributed by atoms with Crippen molar-refractivity contribution in [3.63, 3.8) is 0 Å². The summed E-state index contributed by atoms with van der Waals surface area (Å²) in [6.07, 6.45) is 0.211. The smallest absolute Gasteiger partial charge is 0.335 e. The van der Waals surface area contributed by atoms with E-state index in [2.05, 4.69) is 5.32 Å². The van der Waals surface area contributed by atoms with Gasteiger partial charge in [0, 0.05) is 32.6 Å². The highest BCUT2D eigenvalue weighted by molar-refractivity contribution is 6.36. The summed E-state index contributed by atoms with van der Waals surface area (Å²) in [7, 11) is 0. The Morgan fingerprint density at radius 2 is 1.07 bits per heavy atom. The highest BCUT2D eigenvalue weighted by Gasteiger charge is 2.42. The summed E-state index contributed by atoms with van der Waals surface area (Å²) in [6.45, 7) is 6.68. The summed E-state index contributed by atoms with van der Waals surface area (Å²) in [5, 5.41) is 3.78. The molecule has 0 atom stereocenters. The minimum absolute atomic E-state index is 0.107. The van der Waals surface area contributed by atoms with E-state index in [9.17, 15) is 28.8 Å². The number of nitrogens with zero attached hydrogens (tertiary/aromatic N) is 4. The zero-order chi connectivity index (χ0) is 31.5. The van der Waals surface area contributed by atoms with Gasteiger partial charge in [0.05, 0.1) is 11.4 Å². The molecule has 0 aliphatic carbocycles. The second-order valence-corrected chi connectivity index (χ2v) is 11.8. The maximum absolute atomic E-state index is 12.3. The normalized spacial score (nSPS) is 15.2. The minimum atomic E-state index is -0.725. The number of anilines is 2. The van der Waals surface area contributed by atoms with E-state index < -0.39 is 29.9 Å². The number of nitrogens with one attached hydrogen (secondary N) is 1. The zero-order valence-corrected chi connectivity index (χ0v) is 26.0. The molecule has 15 heteroatoms. The van der Waals surface area contributed by atoms with E-state index in [1.54, 1.807) is 13.8 Å². The molecule has 2 aliphatic rings. The van der Waals surface area contributed by atoms with Crippen molar-refractivity contribution in [2.24, 2.45) is 5.92 Å². The first-order chi connectivity index (χ1) is 19.6. The Hall–Kier alpha value is -3.38. The highest BCUT2D eigenvalue weighted by Crippen LogP contribution is 2.30. The molecule has 0 bridgehead atoms. The molecule has 11 nitrogen and oxygen atoms in total. The Morgan fingerprint density at radius 1 is 0.690 bits per heavy atom. The summed E-state index contributed by atoms with van der Waals surface area (Å²) >= 11 is 23.5. The van der Waals surface area contributed by atoms with Crippen LogP contribution in [0.25, 0.3) is 0 Å². The van der Waals surface area contributed by atoms with Crippen molar-refractivity contribution in [3.05, 3.63) is 56.5 Å². The molecule has 0 spiro atoms. The molecule has 2 aromatic rings. The van der Waals surface area contributed by atoms with E-state index in [4.69, 9.17) is 46.4 Å². The summed E-state index contributed by atoms with van der Waals surface area (Å²) in [6, 6.07) is 6.63. The van der Waals surface area contributed by atoms with Crippen LogP contribution in [0.4, 0.5) is 25.8 Å². The first-order valence-corrected chi connectivity index (χ1v) is 14.1. The fourth-order valence-electron chi connectivity index (χ4n) is 3.99. The predicted octanol–water partition coefficient (Wildman–Crippen LogP) is 6.21. The second-order valence-electron chi connectivity index (χ2n) is 10.0. The van der Waals surface area contributed by atoms with Crippen molar-refractivity contribution in [3.8, 4) is 0 Å². The molecule has 2 heterocycles. The van der Waals surface area contributed by atoms with Crippen LogP contribution in [0, 0.1) is 5.92 Å². The summed E-state index contributed by atoms with van der Waals surface area (Å²) in [5.74, 6) is -1.25. The first-order valence-electron chi connectivity index (χ1n) is 12.6. The van der Waals surface area contributed by atoms with Gasteiger partial charge < -0.3 is 5.32 Å². The Labute approximate surface area is 262 Å². The number of imide groups is 4. The Bertz CT molecular complexity index is 1300. The first kappa shape index (κ1) is 33.1. The van der Waals surface area contributed by atoms with Gasteiger partial charge in [-0.05, 0) is 56.2 Å². The summed E-state index contributed by atoms with van der Waals surface area (Å²) in [4.78, 5) is 76.1. The lowest BCUT2D eigenvalue weighted by Gasteiger charge is -2.18. The number of hydrogen-bond acceptors (Lipinski definition) is 6. The maximum atomic E-state index is 12.3. The van der Waals surface area contributed by atoms with Crippen LogP contribution in [0.3, 0.4) is 0 Å². The molecule has 0 saturated carbocycles. The number of hydrogen-bond donors (Lipinski definition) is 1. The third-order valence-corrected chi connectivity index (χ3v) is 6.56. The fraction of sp³-hybridized carbons (Fsp3) is 0.333. The van der Waals surface area contributed by atoms with Gasteiger partial charge >= 0.3 is 18.1 Å². The summed E-state index contributed by atoms with van der Waals surface area (Å²) in [5.41, 5.74) is 0.504. The van der Waals surface area contributed by atoms with Crippen LogP contribution in [0.15, 0.2) is 36.4 Å². The molecule has 9 amide bonds. The van der Waals surface area contributed by atoms with Gasteiger partial charge in [0.25, 0.3) is 11.8 Å². The van der Waals surface area contributed by atoms with Crippen LogP contribution >= 0.6 is 46.4 Å². The SMILES string of the molecule is CC(C)CC(=O)N1CC(=O)N(c2cc(Cl)cc(Cl)c2)C1=O.CC(C)NC(=O)N1CC(=O)N(c2cc(Cl)cc(Cl)c2)C1=O. The molecule has 4 rings (SSSR count). The second kappa shape index (κ2) is 13.7. The molecular formula is C27H27Cl4N5O6. The number of urea groups is 3. The average Bonchev–Trinajstić information content (AvgIpc) is 3.31. The van der Waals surface area contributed by atoms with Crippen molar-refractivity contribution < 1.29 is 28.8 Å². The Kier molecular flexibility index (Phi) is 10.8. The van der Waals surface area contributed by atoms with Gasteiger partial charge in [0.2, 0.25) is 5.91 Å². The number of amides is 9. The monoisotopic (exact) mass is 657 g/mol. The molecule has 42 heavy (non-hydrogen) atoms. The quantitative estimate of drug-likeness (QED) is 0.380. The lowest BCUT2D eigenvalue weighted by Crippen LogP contribution is -2.45. The topological polar surface area (TPSA) is 127 Å². The molecule has 0 aromatic heterocycles. The standard InChI is InChI=1S/C14H14Cl2N2O3.C13H13Cl2N3O3/c1-8(2)3-12(19)17-7-13(20)18(14(17)21)11-5-9(15)4-10(16)6-11;1-7(2)16-12(20)17-6-11(19)18(13(17)21)10-4-8(14)3-9(15)5-10/h4-6,8H,3,7H2,1-2H3;3-5,7H,6H2,1-2H3,(H,16,20). The van der Waals surface area contributed by atoms with E-state index in [1.165, 1.54) is 36.4 Å². The van der Waals surface area contributed by atoms with Crippen LogP contribution in [0.1, 0.15) is 34.1 Å². The molecule has 224 valence electrons. The van der Waals surface area contributed by atoms with Gasteiger partial charge in [0.1, 0.15) is 13.1 Å². The third-order valence-electron chi connectivity index (χ3n) is 5.68. The number of carbonyl (C=O) groups is 6. The molecule has 2 fully saturated rings. The summed E-state index contributed by atoms with van der Waals surface area (Å²) < 4.78 is 0. The number of carbonyl (C=O) groups excluding carboxylic acids is 6. The molecule has 2 aliphatic heterocycles. The van der Waals surface area contributed by atoms with Crippen molar-refractivity contribution in [2.45, 2.75) is 40.2 Å². The molecule has 2 saturated heterocycles. The van der Waals surface area contributed by atoms with Crippen molar-refractivity contribution in [1.82, 2.24) is 15.1 Å². The van der Waals surface area contributed by atoms with E-state index in [1.807, 2.05) is 13.8 Å². The van der Waals surface area contributed by atoms with Gasteiger partial charge in [0.15, 0.2) is 0 Å². The van der Waals surface area contributed by atoms with Gasteiger partial charge in [-0.3, -0.25) is 19.3 Å². The van der Waals surface area contributed by atoms with Gasteiger partial charge in [-0.15, -0.1) is 0 Å². The average molecular weight is 659 g/mol. The molecule has 0 radical (unpaired) electrons. The minimum Gasteiger partial charge on any atom is -0.335 e. The van der Waals surface area contributed by atoms with Gasteiger partial charge in [-0.1, -0.05) is 60.3 Å². The van der Waals surface area contributed by atoms with Crippen molar-refractivity contribution in [1.29, 1.82) is 0 Å². The Balaban J connectivity index is 0.000000230. The van der Waals surface area contributed by atoms with Crippen LogP contribution in [-0.2, 0) is 14.4 Å². The predicted molar refractivity (Wildman–Crippen MR) is 160 cm³/mol. The van der Waals surface area contributed by atoms with Crippen LogP contribution in [0.5, 0.6) is 0 Å². The van der Waals surface area contributed by atoms with Crippen LogP contribution < -0.4 is 15.1 Å². The Morgan fingerprint density at radius 3 is 1.45 bits per heavy atom. The fourth-order valence-corrected chi connectivity index (χ4v) is 5.01. The third kappa shape index (κ3) is 7.91. The number of benzene rings is 2. The van der Waals surface area contributed by atoms with E-state index in [-0.39, 0.29) is 48.8 Å². The molecule has 2 aromatic carbocycles. The maximum Gasteiger partial charge on any atom is 0.340 e. The molecule has 0 unspecified atom stereocenters. The molecular weight excluding hydrogens is 632 g/mol. The van der Waals surface area contributed by atoms with Gasteiger partial charge in [-0.25, -0.2) is 29.1 Å². The van der Waals surface area contributed by atoms with Crippen molar-refractivity contribution >= 4 is 93.6 Å². The van der Waals surface area contributed by atoms with Crippen molar-refractivity contribution in [2.75, 3.05) is 22.9 Å². The molecule has 1 N–H and O–H groups in total. The lowest BCUT2D eigenvalue weighted by atomic mass is 10.1. The van der Waals surface area contributed by atoms with E-state index >= 15 is 0 Å². The number of halogens is 4. The van der Waals surface area contributed by atoms with Crippen LogP contribution in [0.2, 0.25) is 20.1 Å². The highest BCUT2D eigenvalue weighted by atomic mass is 35.5.